The largest absolute Gasteiger partial charge is 0.477 e. The maximum atomic E-state index is 12.6. The first-order valence-electron chi connectivity index (χ1n) is 22.5. The molecule has 0 saturated carbocycles. The predicted molar refractivity (Wildman–Crippen MR) is 229 cm³/mol. The number of nitrogens with zero attached hydrogens (tertiary/aromatic N) is 1. The van der Waals surface area contributed by atoms with E-state index in [2.05, 4.69) is 44.2 Å². The van der Waals surface area contributed by atoms with Gasteiger partial charge in [0.05, 0.1) is 34.4 Å². The molecule has 0 aliphatic carbocycles. The van der Waals surface area contributed by atoms with Crippen LogP contribution >= 0.6 is 0 Å². The summed E-state index contributed by atoms with van der Waals surface area (Å²) in [7, 11) is 5.50. The standard InChI is InChI=1S/C47H85NO7/c1-6-8-10-12-14-16-17-18-19-20-21-22-23-24-25-26-27-28-29-30-32-33-35-37-45(49)54-42-43(41-53-40-39-44(47(51)52)48(3,4)5)55-46(50)38-36-34-31-15-13-11-9-7-2/h21-22,24-25,31,34,43-44H,6-20,23,26-30,32-33,35-42H2,1-5H3/p+1/b22-21+,25-24+,34-31+. The van der Waals surface area contributed by atoms with Crippen molar-refractivity contribution >= 4 is 17.9 Å². The van der Waals surface area contributed by atoms with E-state index in [0.29, 0.717) is 19.3 Å². The fourth-order valence-corrected chi connectivity index (χ4v) is 6.49. The van der Waals surface area contributed by atoms with Crippen LogP contribution in [0.2, 0.25) is 0 Å². The van der Waals surface area contributed by atoms with Crippen molar-refractivity contribution in [1.82, 2.24) is 0 Å². The van der Waals surface area contributed by atoms with Gasteiger partial charge in [-0.2, -0.15) is 0 Å². The van der Waals surface area contributed by atoms with Crippen LogP contribution in [-0.2, 0) is 28.6 Å². The molecule has 2 atom stereocenters. The van der Waals surface area contributed by atoms with Gasteiger partial charge in [0, 0.05) is 19.3 Å². The van der Waals surface area contributed by atoms with E-state index in [4.69, 9.17) is 14.2 Å². The molecule has 0 aromatic heterocycles. The number of ether oxygens (including phenoxy) is 3. The first-order valence-corrected chi connectivity index (χ1v) is 22.5. The van der Waals surface area contributed by atoms with E-state index in [0.717, 1.165) is 44.9 Å². The second-order valence-electron chi connectivity index (χ2n) is 16.3. The number of carbonyl (C=O) groups excluding carboxylic acids is 2. The molecule has 0 rings (SSSR count). The fraction of sp³-hybridized carbons (Fsp3) is 0.809. The van der Waals surface area contributed by atoms with Gasteiger partial charge in [0.25, 0.3) is 0 Å². The number of carbonyl (C=O) groups is 3. The Kier molecular flexibility index (Phi) is 36.7. The van der Waals surface area contributed by atoms with E-state index in [1.165, 1.54) is 109 Å². The third-order valence-electron chi connectivity index (χ3n) is 10.0. The van der Waals surface area contributed by atoms with E-state index in [-0.39, 0.29) is 42.7 Å². The van der Waals surface area contributed by atoms with Crippen LogP contribution in [0, 0.1) is 0 Å². The Morgan fingerprint density at radius 1 is 0.545 bits per heavy atom. The Balaban J connectivity index is 4.18. The third-order valence-corrected chi connectivity index (χ3v) is 10.0. The van der Waals surface area contributed by atoms with Gasteiger partial charge in [0.15, 0.2) is 12.1 Å². The molecule has 0 radical (unpaired) electrons. The zero-order valence-corrected chi connectivity index (χ0v) is 36.4. The molecule has 0 aromatic carbocycles. The van der Waals surface area contributed by atoms with Gasteiger partial charge in [-0.3, -0.25) is 9.59 Å². The summed E-state index contributed by atoms with van der Waals surface area (Å²) in [5.74, 6) is -1.54. The van der Waals surface area contributed by atoms with Gasteiger partial charge in [0.1, 0.15) is 6.61 Å². The molecule has 0 amide bonds. The SMILES string of the molecule is CCCCCC/C=C/CCC(=O)OC(COCCC(C(=O)O)[N+](C)(C)C)COC(=O)CCCCCCCCC/C=C/C/C=C/CCCCCCCCCCC. The van der Waals surface area contributed by atoms with Crippen LogP contribution in [0.5, 0.6) is 0 Å². The first-order chi connectivity index (χ1) is 26.6. The summed E-state index contributed by atoms with van der Waals surface area (Å²) in [6, 6.07) is -0.619. The van der Waals surface area contributed by atoms with Crippen LogP contribution < -0.4 is 0 Å². The molecule has 1 N–H and O–H groups in total. The van der Waals surface area contributed by atoms with Crippen molar-refractivity contribution in [2.24, 2.45) is 0 Å². The van der Waals surface area contributed by atoms with Crippen LogP contribution in [0.4, 0.5) is 0 Å². The molecule has 0 heterocycles. The topological polar surface area (TPSA) is 99.1 Å². The zero-order chi connectivity index (χ0) is 40.7. The Labute approximate surface area is 338 Å². The van der Waals surface area contributed by atoms with Crippen LogP contribution in [0.25, 0.3) is 0 Å². The number of likely N-dealkylation sites (N-methyl/N-ethyl adjacent to an activating group) is 1. The Morgan fingerprint density at radius 3 is 1.51 bits per heavy atom. The summed E-state index contributed by atoms with van der Waals surface area (Å²) in [4.78, 5) is 36.8. The van der Waals surface area contributed by atoms with Gasteiger partial charge in [-0.25, -0.2) is 4.79 Å². The molecular weight excluding hydrogens is 691 g/mol. The number of quaternary nitrogens is 1. The monoisotopic (exact) mass is 777 g/mol. The number of unbranched alkanes of at least 4 members (excludes halogenated alkanes) is 20. The van der Waals surface area contributed by atoms with Crippen molar-refractivity contribution in [3.8, 4) is 0 Å². The molecule has 0 aliphatic heterocycles. The van der Waals surface area contributed by atoms with Crippen molar-refractivity contribution in [1.29, 1.82) is 0 Å². The molecule has 2 unspecified atom stereocenters. The lowest BCUT2D eigenvalue weighted by molar-refractivity contribution is -0.887. The highest BCUT2D eigenvalue weighted by molar-refractivity contribution is 5.72. The molecule has 8 nitrogen and oxygen atoms in total. The lowest BCUT2D eigenvalue weighted by atomic mass is 10.1. The molecular formula is C47H86NO7+. The number of esters is 2. The smallest absolute Gasteiger partial charge is 0.362 e. The summed E-state index contributed by atoms with van der Waals surface area (Å²) < 4.78 is 17.2. The molecule has 320 valence electrons. The highest BCUT2D eigenvalue weighted by Crippen LogP contribution is 2.14. The van der Waals surface area contributed by atoms with E-state index < -0.39 is 18.1 Å². The second kappa shape index (κ2) is 38.4. The molecule has 0 spiro atoms. The van der Waals surface area contributed by atoms with Crippen molar-refractivity contribution in [3.63, 3.8) is 0 Å². The van der Waals surface area contributed by atoms with E-state index in [9.17, 15) is 19.5 Å². The lowest BCUT2D eigenvalue weighted by Crippen LogP contribution is -2.50. The van der Waals surface area contributed by atoms with E-state index in [1.807, 2.05) is 27.2 Å². The minimum atomic E-state index is -0.882. The number of hydrogen-bond donors (Lipinski definition) is 1. The second-order valence-corrected chi connectivity index (χ2v) is 16.3. The van der Waals surface area contributed by atoms with Crippen LogP contribution in [-0.4, -0.2) is 80.6 Å². The highest BCUT2D eigenvalue weighted by Gasteiger charge is 2.31. The quantitative estimate of drug-likeness (QED) is 0.0286. The maximum Gasteiger partial charge on any atom is 0.362 e. The molecule has 0 fully saturated rings. The Bertz CT molecular complexity index is 1000. The molecule has 0 bridgehead atoms. The van der Waals surface area contributed by atoms with Gasteiger partial charge in [-0.05, 0) is 57.8 Å². The number of hydrogen-bond acceptors (Lipinski definition) is 6. The average molecular weight is 777 g/mol. The van der Waals surface area contributed by atoms with Crippen LogP contribution in [0.15, 0.2) is 36.5 Å². The van der Waals surface area contributed by atoms with Crippen molar-refractivity contribution in [2.45, 2.75) is 206 Å². The van der Waals surface area contributed by atoms with Crippen LogP contribution in [0.3, 0.4) is 0 Å². The number of allylic oxidation sites excluding steroid dienone is 6. The van der Waals surface area contributed by atoms with E-state index >= 15 is 0 Å². The summed E-state index contributed by atoms with van der Waals surface area (Å²) >= 11 is 0. The molecule has 55 heavy (non-hydrogen) atoms. The normalized spacial score (nSPS) is 13.3. The van der Waals surface area contributed by atoms with Gasteiger partial charge >= 0.3 is 17.9 Å². The predicted octanol–water partition coefficient (Wildman–Crippen LogP) is 12.2. The molecule has 0 saturated heterocycles. The minimum absolute atomic E-state index is 0.0437. The van der Waals surface area contributed by atoms with Crippen molar-refractivity contribution < 1.29 is 38.2 Å². The Morgan fingerprint density at radius 2 is 1.00 bits per heavy atom. The summed E-state index contributed by atoms with van der Waals surface area (Å²) in [6.45, 7) is 4.64. The first kappa shape index (κ1) is 52.6. The van der Waals surface area contributed by atoms with E-state index in [1.54, 1.807) is 0 Å². The fourth-order valence-electron chi connectivity index (χ4n) is 6.49. The summed E-state index contributed by atoms with van der Waals surface area (Å²) in [5.41, 5.74) is 0. The number of carboxylic acids is 1. The van der Waals surface area contributed by atoms with Crippen molar-refractivity contribution in [2.75, 3.05) is 41.0 Å². The Hall–Kier alpha value is -2.45. The lowest BCUT2D eigenvalue weighted by Gasteiger charge is -2.31. The van der Waals surface area contributed by atoms with Gasteiger partial charge in [-0.15, -0.1) is 0 Å². The van der Waals surface area contributed by atoms with Gasteiger partial charge in [-0.1, -0.05) is 153 Å². The molecule has 0 aliphatic rings. The van der Waals surface area contributed by atoms with Crippen LogP contribution in [0.1, 0.15) is 194 Å². The van der Waals surface area contributed by atoms with Gasteiger partial charge in [0.2, 0.25) is 0 Å². The maximum absolute atomic E-state index is 12.6. The number of rotatable bonds is 40. The summed E-state index contributed by atoms with van der Waals surface area (Å²) in [5, 5.41) is 9.59. The number of carboxylic acid groups (broad SMARTS) is 1. The van der Waals surface area contributed by atoms with Gasteiger partial charge < -0.3 is 23.8 Å². The third kappa shape index (κ3) is 36.9. The summed E-state index contributed by atoms with van der Waals surface area (Å²) in [6.07, 6.45) is 43.7. The molecule has 8 heteroatoms. The minimum Gasteiger partial charge on any atom is -0.477 e. The molecule has 0 aromatic rings. The average Bonchev–Trinajstić information content (AvgIpc) is 3.14. The zero-order valence-electron chi connectivity index (χ0n) is 36.4. The number of aliphatic carboxylic acids is 1. The highest BCUT2D eigenvalue weighted by atomic mass is 16.6. The van der Waals surface area contributed by atoms with Crippen molar-refractivity contribution in [3.05, 3.63) is 36.5 Å².